The highest BCUT2D eigenvalue weighted by Gasteiger charge is 2.21. The number of halogens is 1. The van der Waals surface area contributed by atoms with Crippen molar-refractivity contribution in [1.82, 2.24) is 0 Å². The number of anilines is 1. The minimum atomic E-state index is -0.278. The third kappa shape index (κ3) is 4.33. The van der Waals surface area contributed by atoms with E-state index in [1.54, 1.807) is 12.1 Å². The normalized spacial score (nSPS) is 14.0. The monoisotopic (exact) mass is 415 g/mol. The number of Topliss-reactive ketones (excluding diaryl/α,β-unsaturated/α-hetero) is 1. The summed E-state index contributed by atoms with van der Waals surface area (Å²) in [4.78, 5) is 26.2. The average molecular weight is 416 g/mol. The molecule has 4 nitrogen and oxygen atoms in total. The maximum atomic E-state index is 12.1. The number of hydrogen-bond acceptors (Lipinski definition) is 4. The first kappa shape index (κ1) is 18.6. The molecule has 0 fully saturated rings. The van der Waals surface area contributed by atoms with E-state index in [0.717, 1.165) is 31.5 Å². The molecule has 0 bridgehead atoms. The molecule has 3 rings (SSSR count). The molecule has 2 aromatic rings. The molecule has 1 atom stereocenters. The van der Waals surface area contributed by atoms with Crippen molar-refractivity contribution >= 4 is 33.4 Å². The number of ketones is 1. The van der Waals surface area contributed by atoms with Crippen LogP contribution in [0.25, 0.3) is 0 Å². The smallest absolute Gasteiger partial charge is 0.338 e. The molecule has 136 valence electrons. The maximum Gasteiger partial charge on any atom is 0.338 e. The molecule has 0 aromatic heterocycles. The number of fused-ring (bicyclic) bond motifs is 1. The molecule has 5 heteroatoms. The predicted octanol–water partition coefficient (Wildman–Crippen LogP) is 4.26. The van der Waals surface area contributed by atoms with E-state index in [4.69, 9.17) is 4.74 Å². The van der Waals surface area contributed by atoms with Gasteiger partial charge >= 0.3 is 5.97 Å². The Balaban J connectivity index is 1.51. The number of hydrogen-bond donors (Lipinski definition) is 0. The van der Waals surface area contributed by atoms with Crippen LogP contribution in [0.3, 0.4) is 0 Å². The quantitative estimate of drug-likeness (QED) is 0.293. The summed E-state index contributed by atoms with van der Waals surface area (Å²) >= 11 is 3.34. The lowest BCUT2D eigenvalue weighted by Crippen LogP contribution is -2.23. The van der Waals surface area contributed by atoms with E-state index in [1.165, 1.54) is 11.3 Å². The predicted molar refractivity (Wildman–Crippen MR) is 106 cm³/mol. The first-order valence-electron chi connectivity index (χ1n) is 8.84. The Bertz CT molecular complexity index is 789. The van der Waals surface area contributed by atoms with Crippen LogP contribution in [0.15, 0.2) is 48.5 Å². The number of esters is 1. The van der Waals surface area contributed by atoms with Crippen molar-refractivity contribution in [2.75, 3.05) is 24.6 Å². The lowest BCUT2D eigenvalue weighted by atomic mass is 10.0. The van der Waals surface area contributed by atoms with Gasteiger partial charge in [0.15, 0.2) is 5.78 Å². The fourth-order valence-corrected chi connectivity index (χ4v) is 3.43. The third-order valence-corrected chi connectivity index (χ3v) is 4.95. The zero-order valence-corrected chi connectivity index (χ0v) is 16.4. The molecule has 1 aliphatic rings. The van der Waals surface area contributed by atoms with Crippen molar-refractivity contribution in [2.24, 2.45) is 0 Å². The number of nitrogens with zero attached hydrogens (tertiary/aromatic N) is 1. The van der Waals surface area contributed by atoms with Crippen LogP contribution < -0.4 is 4.90 Å². The van der Waals surface area contributed by atoms with Crippen LogP contribution in [0, 0.1) is 0 Å². The van der Waals surface area contributed by atoms with Crippen LogP contribution in [-0.2, 0) is 11.2 Å². The fraction of sp³-hybridized carbons (Fsp3) is 0.333. The van der Waals surface area contributed by atoms with Crippen molar-refractivity contribution in [3.05, 3.63) is 65.2 Å². The maximum absolute atomic E-state index is 12.1. The van der Waals surface area contributed by atoms with E-state index in [9.17, 15) is 9.59 Å². The van der Waals surface area contributed by atoms with Gasteiger partial charge in [-0.1, -0.05) is 34.1 Å². The first-order chi connectivity index (χ1) is 12.6. The Labute approximate surface area is 162 Å². The van der Waals surface area contributed by atoms with Gasteiger partial charge in [0.05, 0.1) is 17.0 Å². The average Bonchev–Trinajstić information content (AvgIpc) is 3.07. The SMILES string of the molecule is C[C@H](Br)C(=O)c1ccc2c(c1)CCN2CCCOC(=O)c1ccccc1. The Kier molecular flexibility index (Phi) is 6.09. The van der Waals surface area contributed by atoms with E-state index in [1.807, 2.05) is 43.3 Å². The Morgan fingerprint density at radius 3 is 2.65 bits per heavy atom. The zero-order valence-electron chi connectivity index (χ0n) is 14.8. The second-order valence-corrected chi connectivity index (χ2v) is 7.79. The summed E-state index contributed by atoms with van der Waals surface area (Å²) in [6.45, 7) is 4.01. The first-order valence-corrected chi connectivity index (χ1v) is 9.76. The van der Waals surface area contributed by atoms with E-state index in [2.05, 4.69) is 20.8 Å². The van der Waals surface area contributed by atoms with Gasteiger partial charge in [-0.05, 0) is 55.7 Å². The number of carbonyl (C=O) groups excluding carboxylic acids is 2. The molecule has 0 saturated heterocycles. The van der Waals surface area contributed by atoms with Crippen LogP contribution in [-0.4, -0.2) is 36.3 Å². The van der Waals surface area contributed by atoms with Crippen molar-refractivity contribution in [3.63, 3.8) is 0 Å². The van der Waals surface area contributed by atoms with Crippen LogP contribution in [0.4, 0.5) is 5.69 Å². The summed E-state index contributed by atoms with van der Waals surface area (Å²) in [5.41, 5.74) is 3.73. The van der Waals surface area contributed by atoms with Gasteiger partial charge in [0.2, 0.25) is 0 Å². The number of benzene rings is 2. The van der Waals surface area contributed by atoms with Gasteiger partial charge in [0, 0.05) is 24.3 Å². The van der Waals surface area contributed by atoms with Crippen molar-refractivity contribution in [2.45, 2.75) is 24.6 Å². The van der Waals surface area contributed by atoms with Gasteiger partial charge < -0.3 is 9.64 Å². The molecule has 0 aliphatic carbocycles. The summed E-state index contributed by atoms with van der Waals surface area (Å²) in [5.74, 6) is -0.168. The summed E-state index contributed by atoms with van der Waals surface area (Å²) in [5, 5.41) is 0. The zero-order chi connectivity index (χ0) is 18.5. The number of rotatable bonds is 7. The Morgan fingerprint density at radius 2 is 1.92 bits per heavy atom. The lowest BCUT2D eigenvalue weighted by Gasteiger charge is -2.19. The van der Waals surface area contributed by atoms with Crippen LogP contribution in [0.5, 0.6) is 0 Å². The lowest BCUT2D eigenvalue weighted by molar-refractivity contribution is 0.0502. The van der Waals surface area contributed by atoms with Crippen LogP contribution in [0.1, 0.15) is 39.6 Å². The fourth-order valence-electron chi connectivity index (χ4n) is 3.16. The summed E-state index contributed by atoms with van der Waals surface area (Å²) < 4.78 is 5.34. The second kappa shape index (κ2) is 8.49. The van der Waals surface area contributed by atoms with Gasteiger partial charge in [-0.25, -0.2) is 4.79 Å². The van der Waals surface area contributed by atoms with Crippen molar-refractivity contribution in [1.29, 1.82) is 0 Å². The highest BCUT2D eigenvalue weighted by Crippen LogP contribution is 2.29. The minimum Gasteiger partial charge on any atom is -0.462 e. The molecule has 0 unspecified atom stereocenters. The van der Waals surface area contributed by atoms with Gasteiger partial charge in [-0.2, -0.15) is 0 Å². The number of alkyl halides is 1. The van der Waals surface area contributed by atoms with Crippen molar-refractivity contribution in [3.8, 4) is 0 Å². The van der Waals surface area contributed by atoms with Gasteiger partial charge in [0.1, 0.15) is 0 Å². The standard InChI is InChI=1S/C21H22BrNO3/c1-15(22)20(24)18-8-9-19-17(14-18)10-12-23(19)11-5-13-26-21(25)16-6-3-2-4-7-16/h2-4,6-9,14-15H,5,10-13H2,1H3/t15-/m0/s1. The summed E-state index contributed by atoms with van der Waals surface area (Å²) in [7, 11) is 0. The molecule has 0 saturated carbocycles. The van der Waals surface area contributed by atoms with Gasteiger partial charge in [-0.3, -0.25) is 4.79 Å². The van der Waals surface area contributed by atoms with Crippen molar-refractivity contribution < 1.29 is 14.3 Å². The largest absolute Gasteiger partial charge is 0.462 e. The Hall–Kier alpha value is -2.14. The van der Waals surface area contributed by atoms with E-state index < -0.39 is 0 Å². The van der Waals surface area contributed by atoms with Crippen LogP contribution >= 0.6 is 15.9 Å². The van der Waals surface area contributed by atoms with E-state index >= 15 is 0 Å². The third-order valence-electron chi connectivity index (χ3n) is 4.53. The van der Waals surface area contributed by atoms with Crippen LogP contribution in [0.2, 0.25) is 0 Å². The molecule has 0 amide bonds. The summed E-state index contributed by atoms with van der Waals surface area (Å²) in [6, 6.07) is 15.0. The highest BCUT2D eigenvalue weighted by atomic mass is 79.9. The molecule has 0 N–H and O–H groups in total. The summed E-state index contributed by atoms with van der Waals surface area (Å²) in [6.07, 6.45) is 1.72. The number of carbonyl (C=O) groups is 2. The van der Waals surface area contributed by atoms with Gasteiger partial charge in [0.25, 0.3) is 0 Å². The molecule has 1 heterocycles. The second-order valence-electron chi connectivity index (χ2n) is 6.42. The van der Waals surface area contributed by atoms with E-state index in [0.29, 0.717) is 12.2 Å². The molecule has 26 heavy (non-hydrogen) atoms. The molecular formula is C21H22BrNO3. The number of ether oxygens (including phenoxy) is 1. The minimum absolute atomic E-state index is 0.110. The van der Waals surface area contributed by atoms with E-state index in [-0.39, 0.29) is 16.6 Å². The van der Waals surface area contributed by atoms with Gasteiger partial charge in [-0.15, -0.1) is 0 Å². The molecule has 0 radical (unpaired) electrons. The molecule has 2 aromatic carbocycles. The molecule has 1 aliphatic heterocycles. The topological polar surface area (TPSA) is 46.6 Å². The Morgan fingerprint density at radius 1 is 1.15 bits per heavy atom. The molecule has 0 spiro atoms. The molecular weight excluding hydrogens is 394 g/mol. The highest BCUT2D eigenvalue weighted by molar-refractivity contribution is 9.10.